The minimum Gasteiger partial charge on any atom is -0.444 e. The molecule has 0 aromatic heterocycles. The van der Waals surface area contributed by atoms with Crippen LogP contribution >= 0.6 is 0 Å². The van der Waals surface area contributed by atoms with E-state index in [9.17, 15) is 19.5 Å². The third kappa shape index (κ3) is 8.58. The van der Waals surface area contributed by atoms with Crippen LogP contribution in [0, 0.1) is 13.8 Å². The molecule has 2 rings (SSSR count). The number of hydrogen-bond acceptors (Lipinski definition) is 5. The molecule has 0 heterocycles. The number of nitrogens with zero attached hydrogens (tertiary/aromatic N) is 1. The molecule has 0 aliphatic carbocycles. The van der Waals surface area contributed by atoms with Crippen molar-refractivity contribution in [3.63, 3.8) is 0 Å². The maximum Gasteiger partial charge on any atom is 0.408 e. The number of carbonyl (C=O) groups excluding carboxylic acids is 3. The molecule has 2 aromatic carbocycles. The predicted octanol–water partition coefficient (Wildman–Crippen LogP) is 4.56. The Morgan fingerprint density at radius 1 is 0.974 bits per heavy atom. The van der Waals surface area contributed by atoms with Crippen molar-refractivity contribution in [1.82, 2.24) is 15.5 Å². The fourth-order valence-corrected chi connectivity index (χ4v) is 4.22. The molecule has 0 saturated carbocycles. The molecule has 8 heteroatoms. The monoisotopic (exact) mass is 525 g/mol. The second-order valence-electron chi connectivity index (χ2n) is 11.3. The summed E-state index contributed by atoms with van der Waals surface area (Å²) >= 11 is 0. The predicted molar refractivity (Wildman–Crippen MR) is 148 cm³/mol. The van der Waals surface area contributed by atoms with Crippen molar-refractivity contribution >= 4 is 17.9 Å². The van der Waals surface area contributed by atoms with E-state index in [-0.39, 0.29) is 12.5 Å². The first-order valence-electron chi connectivity index (χ1n) is 13.0. The number of carbonyl (C=O) groups is 3. The van der Waals surface area contributed by atoms with Gasteiger partial charge in [0.2, 0.25) is 11.8 Å². The van der Waals surface area contributed by atoms with Crippen LogP contribution in [0.5, 0.6) is 0 Å². The lowest BCUT2D eigenvalue weighted by Crippen LogP contribution is -2.60. The van der Waals surface area contributed by atoms with Crippen LogP contribution in [0.3, 0.4) is 0 Å². The summed E-state index contributed by atoms with van der Waals surface area (Å²) in [6.45, 7) is 14.3. The van der Waals surface area contributed by atoms with Crippen LogP contribution in [0.2, 0.25) is 0 Å². The lowest BCUT2D eigenvalue weighted by Gasteiger charge is -2.44. The van der Waals surface area contributed by atoms with Crippen molar-refractivity contribution in [3.05, 3.63) is 70.8 Å². The van der Waals surface area contributed by atoms with Crippen LogP contribution in [0.1, 0.15) is 76.3 Å². The SMILES string of the molecule is CCC(C)(C)N(C(=O)C(CO)NC(=O)OC(C)(C)C)C(C(=O)NCc1ccccc1)c1cc(C)cc(C)c1. The number of aryl methyl sites for hydroxylation is 2. The normalized spacial score (nSPS) is 13.3. The first-order chi connectivity index (χ1) is 17.7. The summed E-state index contributed by atoms with van der Waals surface area (Å²) in [5, 5.41) is 15.6. The van der Waals surface area contributed by atoms with E-state index >= 15 is 0 Å². The van der Waals surface area contributed by atoms with Crippen LogP contribution < -0.4 is 10.6 Å². The van der Waals surface area contributed by atoms with E-state index in [2.05, 4.69) is 10.6 Å². The summed E-state index contributed by atoms with van der Waals surface area (Å²) < 4.78 is 5.31. The Kier molecular flexibility index (Phi) is 10.5. The van der Waals surface area contributed by atoms with E-state index in [1.165, 1.54) is 4.90 Å². The smallest absolute Gasteiger partial charge is 0.408 e. The molecule has 0 aliphatic rings. The van der Waals surface area contributed by atoms with Gasteiger partial charge in [0.05, 0.1) is 6.61 Å². The molecule has 0 radical (unpaired) electrons. The number of aliphatic hydroxyl groups is 1. The van der Waals surface area contributed by atoms with Gasteiger partial charge in [0.1, 0.15) is 17.7 Å². The zero-order valence-electron chi connectivity index (χ0n) is 23.9. The Bertz CT molecular complexity index is 1090. The Morgan fingerprint density at radius 3 is 2.05 bits per heavy atom. The van der Waals surface area contributed by atoms with E-state index in [0.29, 0.717) is 12.0 Å². The molecular formula is C30H43N3O5. The lowest BCUT2D eigenvalue weighted by molar-refractivity contribution is -0.150. The summed E-state index contributed by atoms with van der Waals surface area (Å²) in [5.41, 5.74) is 1.90. The molecular weight excluding hydrogens is 482 g/mol. The zero-order chi connectivity index (χ0) is 28.7. The van der Waals surface area contributed by atoms with E-state index in [1.54, 1.807) is 20.8 Å². The van der Waals surface area contributed by atoms with Crippen molar-refractivity contribution in [2.24, 2.45) is 0 Å². The molecule has 38 heavy (non-hydrogen) atoms. The highest BCUT2D eigenvalue weighted by Crippen LogP contribution is 2.33. The van der Waals surface area contributed by atoms with Gasteiger partial charge in [0, 0.05) is 12.1 Å². The molecule has 0 fully saturated rings. The molecule has 0 bridgehead atoms. The standard InChI is InChI=1S/C30H43N3O5/c1-9-30(7,8)33(27(36)24(19-34)32-28(37)38-29(4,5)6)25(23-16-20(2)15-21(3)17-23)26(35)31-18-22-13-11-10-12-14-22/h10-17,24-25,34H,9,18-19H2,1-8H3,(H,31,35)(H,32,37). The molecule has 2 aromatic rings. The van der Waals surface area contributed by atoms with Gasteiger partial charge < -0.3 is 25.4 Å². The van der Waals surface area contributed by atoms with E-state index in [0.717, 1.165) is 16.7 Å². The first-order valence-corrected chi connectivity index (χ1v) is 13.0. The number of ether oxygens (including phenoxy) is 1. The summed E-state index contributed by atoms with van der Waals surface area (Å²) in [4.78, 5) is 41.9. The number of alkyl carbamates (subject to hydrolysis) is 1. The highest BCUT2D eigenvalue weighted by molar-refractivity contribution is 5.92. The number of nitrogens with one attached hydrogen (secondary N) is 2. The van der Waals surface area contributed by atoms with E-state index < -0.39 is 41.8 Å². The number of benzene rings is 2. The maximum atomic E-state index is 14.1. The van der Waals surface area contributed by atoms with E-state index in [4.69, 9.17) is 4.74 Å². The quantitative estimate of drug-likeness (QED) is 0.421. The van der Waals surface area contributed by atoms with Crippen LogP contribution in [0.4, 0.5) is 4.79 Å². The fourth-order valence-electron chi connectivity index (χ4n) is 4.22. The van der Waals surface area contributed by atoms with Crippen molar-refractivity contribution in [1.29, 1.82) is 0 Å². The molecule has 3 N–H and O–H groups in total. The number of amides is 3. The minimum atomic E-state index is -1.30. The van der Waals surface area contributed by atoms with Gasteiger partial charge in [-0.1, -0.05) is 66.6 Å². The Labute approximate surface area is 226 Å². The van der Waals surface area contributed by atoms with Gasteiger partial charge in [-0.2, -0.15) is 0 Å². The molecule has 0 aliphatic heterocycles. The Morgan fingerprint density at radius 2 is 1.55 bits per heavy atom. The second-order valence-corrected chi connectivity index (χ2v) is 11.3. The maximum absolute atomic E-state index is 14.1. The highest BCUT2D eigenvalue weighted by Gasteiger charge is 2.43. The van der Waals surface area contributed by atoms with Crippen LogP contribution in [-0.2, 0) is 20.9 Å². The molecule has 208 valence electrons. The van der Waals surface area contributed by atoms with Gasteiger partial charge in [-0.25, -0.2) is 4.79 Å². The van der Waals surface area contributed by atoms with Gasteiger partial charge in [-0.05, 0) is 66.0 Å². The van der Waals surface area contributed by atoms with Crippen molar-refractivity contribution in [2.75, 3.05) is 6.61 Å². The van der Waals surface area contributed by atoms with Gasteiger partial charge in [0.15, 0.2) is 0 Å². The third-order valence-corrected chi connectivity index (χ3v) is 6.30. The topological polar surface area (TPSA) is 108 Å². The first kappa shape index (κ1) is 30.8. The van der Waals surface area contributed by atoms with Gasteiger partial charge >= 0.3 is 6.09 Å². The zero-order valence-corrected chi connectivity index (χ0v) is 23.9. The molecule has 2 atom stereocenters. The molecule has 3 amide bonds. The average molecular weight is 526 g/mol. The number of rotatable bonds is 10. The average Bonchev–Trinajstić information content (AvgIpc) is 2.82. The van der Waals surface area contributed by atoms with Crippen molar-refractivity contribution in [2.45, 2.75) is 91.6 Å². The fraction of sp³-hybridized carbons (Fsp3) is 0.500. The van der Waals surface area contributed by atoms with E-state index in [1.807, 2.05) is 83.1 Å². The van der Waals surface area contributed by atoms with Gasteiger partial charge in [-0.3, -0.25) is 9.59 Å². The molecule has 0 saturated heterocycles. The van der Waals surface area contributed by atoms with Gasteiger partial charge in [0.25, 0.3) is 0 Å². The van der Waals surface area contributed by atoms with Crippen LogP contribution in [0.25, 0.3) is 0 Å². The van der Waals surface area contributed by atoms with Crippen LogP contribution in [-0.4, -0.2) is 51.7 Å². The van der Waals surface area contributed by atoms with Crippen molar-refractivity contribution < 1.29 is 24.2 Å². The van der Waals surface area contributed by atoms with Gasteiger partial charge in [-0.15, -0.1) is 0 Å². The second kappa shape index (κ2) is 12.9. The Balaban J connectivity index is 2.55. The summed E-state index contributed by atoms with van der Waals surface area (Å²) in [6, 6.07) is 13.0. The molecule has 8 nitrogen and oxygen atoms in total. The number of aliphatic hydroxyl groups excluding tert-OH is 1. The molecule has 0 spiro atoms. The summed E-state index contributed by atoms with van der Waals surface area (Å²) in [7, 11) is 0. The number of hydrogen-bond donors (Lipinski definition) is 3. The summed E-state index contributed by atoms with van der Waals surface area (Å²) in [6.07, 6.45) is -0.299. The third-order valence-electron chi connectivity index (χ3n) is 6.30. The minimum absolute atomic E-state index is 0.287. The highest BCUT2D eigenvalue weighted by atomic mass is 16.6. The van der Waals surface area contributed by atoms with Crippen molar-refractivity contribution in [3.8, 4) is 0 Å². The largest absolute Gasteiger partial charge is 0.444 e. The summed E-state index contributed by atoms with van der Waals surface area (Å²) in [5.74, 6) is -0.938. The van der Waals surface area contributed by atoms with Crippen LogP contribution in [0.15, 0.2) is 48.5 Å². The molecule has 2 unspecified atom stereocenters. The Hall–Kier alpha value is -3.39. The lowest BCUT2D eigenvalue weighted by atomic mass is 9.91.